The Morgan fingerprint density at radius 1 is 1.30 bits per heavy atom. The van der Waals surface area contributed by atoms with Crippen LogP contribution in [0.4, 0.5) is 0 Å². The Bertz CT molecular complexity index is 780. The van der Waals surface area contributed by atoms with E-state index in [-0.39, 0.29) is 24.3 Å². The fraction of sp³-hybridized carbons (Fsp3) is 0.421. The maximum absolute atomic E-state index is 12.3. The quantitative estimate of drug-likeness (QED) is 0.665. The summed E-state index contributed by atoms with van der Waals surface area (Å²) in [4.78, 5) is 28.7. The maximum Gasteiger partial charge on any atom is 0.258 e. The number of carbonyl (C=O) groups excluding carboxylic acids is 2. The number of nitrogens with zero attached hydrogens (tertiary/aromatic N) is 1. The molecule has 0 spiro atoms. The highest BCUT2D eigenvalue weighted by Crippen LogP contribution is 2.26. The lowest BCUT2D eigenvalue weighted by atomic mass is 10.1. The van der Waals surface area contributed by atoms with E-state index in [4.69, 9.17) is 4.74 Å². The predicted octanol–water partition coefficient (Wildman–Crippen LogP) is 1.40. The van der Waals surface area contributed by atoms with Gasteiger partial charge in [0.15, 0.2) is 6.61 Å². The molecule has 1 saturated carbocycles. The molecule has 3 N–H and O–H groups in total. The second-order valence-corrected chi connectivity index (χ2v) is 7.65. The zero-order chi connectivity index (χ0) is 19.2. The fourth-order valence-electron chi connectivity index (χ4n) is 3.11. The highest BCUT2D eigenvalue weighted by atomic mass is 32.1. The number of aliphatic hydroxyl groups is 1. The molecule has 3 rings (SSSR count). The monoisotopic (exact) mass is 389 g/mol. The molecular formula is C19H23N3O4S. The third-order valence-corrected chi connectivity index (χ3v) is 5.29. The Balaban J connectivity index is 1.43. The van der Waals surface area contributed by atoms with E-state index in [0.29, 0.717) is 25.1 Å². The van der Waals surface area contributed by atoms with Gasteiger partial charge in [0, 0.05) is 11.3 Å². The van der Waals surface area contributed by atoms with E-state index in [9.17, 15) is 14.7 Å². The molecule has 1 aromatic heterocycles. The molecule has 0 bridgehead atoms. The largest absolute Gasteiger partial charge is 0.484 e. The molecule has 0 unspecified atom stereocenters. The Kier molecular flexibility index (Phi) is 6.41. The number of ether oxygens (including phenoxy) is 1. The molecule has 1 aliphatic rings. The molecule has 2 amide bonds. The van der Waals surface area contributed by atoms with E-state index >= 15 is 0 Å². The summed E-state index contributed by atoms with van der Waals surface area (Å²) in [6.07, 6.45) is -0.0185. The van der Waals surface area contributed by atoms with Crippen molar-refractivity contribution in [3.63, 3.8) is 0 Å². The number of aryl methyl sites for hydroxylation is 1. The molecular weight excluding hydrogens is 366 g/mol. The van der Waals surface area contributed by atoms with Crippen LogP contribution in [0.3, 0.4) is 0 Å². The lowest BCUT2D eigenvalue weighted by Gasteiger charge is -2.16. The van der Waals surface area contributed by atoms with Gasteiger partial charge in [-0.1, -0.05) is 18.2 Å². The van der Waals surface area contributed by atoms with Crippen molar-refractivity contribution in [1.29, 1.82) is 0 Å². The van der Waals surface area contributed by atoms with Gasteiger partial charge in [0.2, 0.25) is 5.91 Å². The number of thiazole rings is 1. The van der Waals surface area contributed by atoms with Crippen molar-refractivity contribution in [1.82, 2.24) is 15.6 Å². The topological polar surface area (TPSA) is 101 Å². The Morgan fingerprint density at radius 3 is 2.78 bits per heavy atom. The van der Waals surface area contributed by atoms with Crippen LogP contribution in [0.15, 0.2) is 35.7 Å². The number of nitrogens with one attached hydrogen (secondary N) is 2. The third-order valence-electron chi connectivity index (χ3n) is 4.47. The molecule has 3 atom stereocenters. The summed E-state index contributed by atoms with van der Waals surface area (Å²) in [5.41, 5.74) is 0.826. The SMILES string of the molecule is Cc1nc(CNC(=O)[C@H]2C[C@H](NC(=O)COc3ccccc3)[C@@H](O)C2)cs1. The number of para-hydroxylation sites is 1. The lowest BCUT2D eigenvalue weighted by molar-refractivity contribution is -0.126. The van der Waals surface area contributed by atoms with E-state index in [2.05, 4.69) is 15.6 Å². The number of hydrogen-bond acceptors (Lipinski definition) is 6. The second kappa shape index (κ2) is 8.96. The minimum absolute atomic E-state index is 0.128. The highest BCUT2D eigenvalue weighted by molar-refractivity contribution is 7.09. The summed E-state index contributed by atoms with van der Waals surface area (Å²) in [5.74, 6) is -0.173. The number of hydrogen-bond donors (Lipinski definition) is 3. The molecule has 0 radical (unpaired) electrons. The Labute approximate surface area is 161 Å². The van der Waals surface area contributed by atoms with Gasteiger partial charge >= 0.3 is 0 Å². The van der Waals surface area contributed by atoms with Crippen LogP contribution < -0.4 is 15.4 Å². The number of benzene rings is 1. The van der Waals surface area contributed by atoms with Crippen molar-refractivity contribution in [3.05, 3.63) is 46.4 Å². The lowest BCUT2D eigenvalue weighted by Crippen LogP contribution is -2.42. The normalized spacial score (nSPS) is 21.6. The molecule has 1 heterocycles. The second-order valence-electron chi connectivity index (χ2n) is 6.59. The molecule has 1 fully saturated rings. The van der Waals surface area contributed by atoms with Crippen molar-refractivity contribution in [2.75, 3.05) is 6.61 Å². The zero-order valence-corrected chi connectivity index (χ0v) is 15.9. The van der Waals surface area contributed by atoms with Crippen LogP contribution in [0.1, 0.15) is 23.5 Å². The number of carbonyl (C=O) groups is 2. The van der Waals surface area contributed by atoms with E-state index in [1.54, 1.807) is 12.1 Å². The van der Waals surface area contributed by atoms with Gasteiger partial charge in [-0.05, 0) is 31.9 Å². The van der Waals surface area contributed by atoms with Crippen LogP contribution in [0.2, 0.25) is 0 Å². The number of aliphatic hydroxyl groups excluding tert-OH is 1. The molecule has 2 aromatic rings. The van der Waals surface area contributed by atoms with Crippen molar-refractivity contribution in [3.8, 4) is 5.75 Å². The molecule has 7 nitrogen and oxygen atoms in total. The zero-order valence-electron chi connectivity index (χ0n) is 15.1. The van der Waals surface area contributed by atoms with Gasteiger partial charge in [-0.15, -0.1) is 11.3 Å². The average Bonchev–Trinajstić information content (AvgIpc) is 3.24. The van der Waals surface area contributed by atoms with E-state index < -0.39 is 12.1 Å². The minimum Gasteiger partial charge on any atom is -0.484 e. The summed E-state index contributed by atoms with van der Waals surface area (Å²) in [5, 5.41) is 18.7. The number of amides is 2. The van der Waals surface area contributed by atoms with Crippen LogP contribution >= 0.6 is 11.3 Å². The van der Waals surface area contributed by atoms with Gasteiger partial charge in [-0.3, -0.25) is 9.59 Å². The standard InChI is InChI=1S/C19H23N3O4S/c1-12-21-14(11-27-12)9-20-19(25)13-7-16(17(23)8-13)22-18(24)10-26-15-5-3-2-4-6-15/h2-6,11,13,16-17,23H,7-10H2,1H3,(H,20,25)(H,22,24)/t13-,16-,17-/m0/s1. The first-order valence-corrected chi connectivity index (χ1v) is 9.73. The van der Waals surface area contributed by atoms with Crippen LogP contribution in [-0.4, -0.2) is 40.7 Å². The van der Waals surface area contributed by atoms with Gasteiger partial charge in [-0.2, -0.15) is 0 Å². The third kappa shape index (κ3) is 5.51. The number of aromatic nitrogens is 1. The summed E-state index contributed by atoms with van der Waals surface area (Å²) in [6, 6.07) is 8.59. The van der Waals surface area contributed by atoms with Crippen LogP contribution in [-0.2, 0) is 16.1 Å². The maximum atomic E-state index is 12.3. The number of rotatable bonds is 7. The van der Waals surface area contributed by atoms with E-state index in [0.717, 1.165) is 10.7 Å². The summed E-state index contributed by atoms with van der Waals surface area (Å²) >= 11 is 1.54. The fourth-order valence-corrected chi connectivity index (χ4v) is 3.72. The molecule has 0 saturated heterocycles. The van der Waals surface area contributed by atoms with Crippen molar-refractivity contribution < 1.29 is 19.4 Å². The molecule has 0 aliphatic heterocycles. The first-order chi connectivity index (χ1) is 13.0. The summed E-state index contributed by atoms with van der Waals surface area (Å²) in [6.45, 7) is 2.16. The molecule has 1 aromatic carbocycles. The van der Waals surface area contributed by atoms with Crippen molar-refractivity contribution in [2.24, 2.45) is 5.92 Å². The molecule has 8 heteroatoms. The van der Waals surface area contributed by atoms with Crippen LogP contribution in [0.25, 0.3) is 0 Å². The van der Waals surface area contributed by atoms with Gasteiger partial charge in [0.1, 0.15) is 5.75 Å². The van der Waals surface area contributed by atoms with Gasteiger partial charge in [0.25, 0.3) is 5.91 Å². The van der Waals surface area contributed by atoms with Gasteiger partial charge in [0.05, 0.1) is 29.4 Å². The van der Waals surface area contributed by atoms with Gasteiger partial charge in [-0.25, -0.2) is 4.98 Å². The summed E-state index contributed by atoms with van der Waals surface area (Å²) < 4.78 is 5.40. The van der Waals surface area contributed by atoms with E-state index in [1.807, 2.05) is 30.5 Å². The van der Waals surface area contributed by atoms with Crippen LogP contribution in [0.5, 0.6) is 5.75 Å². The van der Waals surface area contributed by atoms with Crippen molar-refractivity contribution >= 4 is 23.2 Å². The average molecular weight is 389 g/mol. The minimum atomic E-state index is -0.747. The smallest absolute Gasteiger partial charge is 0.258 e. The van der Waals surface area contributed by atoms with E-state index in [1.165, 1.54) is 11.3 Å². The molecule has 27 heavy (non-hydrogen) atoms. The Hall–Kier alpha value is -2.45. The Morgan fingerprint density at radius 2 is 2.07 bits per heavy atom. The van der Waals surface area contributed by atoms with Crippen molar-refractivity contribution in [2.45, 2.75) is 38.5 Å². The first kappa shape index (κ1) is 19.3. The first-order valence-electron chi connectivity index (χ1n) is 8.85. The molecule has 1 aliphatic carbocycles. The predicted molar refractivity (Wildman–Crippen MR) is 101 cm³/mol. The van der Waals surface area contributed by atoms with Crippen LogP contribution in [0, 0.1) is 12.8 Å². The highest BCUT2D eigenvalue weighted by Gasteiger charge is 2.37. The molecule has 144 valence electrons. The summed E-state index contributed by atoms with van der Waals surface area (Å²) in [7, 11) is 0. The van der Waals surface area contributed by atoms with Gasteiger partial charge < -0.3 is 20.5 Å².